The first-order valence-corrected chi connectivity index (χ1v) is 21.5. The number of carbonyl (C=O) groups is 4. The van der Waals surface area contributed by atoms with Gasteiger partial charge >= 0.3 is 0 Å². The van der Waals surface area contributed by atoms with Crippen molar-refractivity contribution in [1.29, 1.82) is 0 Å². The van der Waals surface area contributed by atoms with Crippen molar-refractivity contribution in [2.45, 2.75) is 51.9 Å². The summed E-state index contributed by atoms with van der Waals surface area (Å²) in [5.41, 5.74) is -1.30. The lowest BCUT2D eigenvalue weighted by molar-refractivity contribution is -0.168. The number of aromatic nitrogens is 1. The molecule has 6 aromatic rings. The van der Waals surface area contributed by atoms with Gasteiger partial charge in [-0.15, -0.1) is 0 Å². The van der Waals surface area contributed by atoms with Crippen molar-refractivity contribution in [3.05, 3.63) is 113 Å². The van der Waals surface area contributed by atoms with Gasteiger partial charge in [0.15, 0.2) is 28.3 Å². The van der Waals surface area contributed by atoms with Crippen molar-refractivity contribution in [3.8, 4) is 23.0 Å². The molecule has 0 aliphatic carbocycles. The maximum atomic E-state index is 14.3. The number of phenols is 1. The second-order valence-corrected chi connectivity index (χ2v) is 15.9. The number of methoxy groups -OCH3 is 2. The van der Waals surface area contributed by atoms with Gasteiger partial charge in [0, 0.05) is 40.1 Å². The molecule has 19 heteroatoms. The van der Waals surface area contributed by atoms with Crippen molar-refractivity contribution in [3.63, 3.8) is 0 Å². The van der Waals surface area contributed by atoms with Crippen LogP contribution < -0.4 is 19.6 Å². The fraction of sp³-hybridized carbons (Fsp3) is 0.340. The number of amides is 4. The summed E-state index contributed by atoms with van der Waals surface area (Å²) >= 11 is 5.79. The minimum Gasteiger partial charge on any atom is -0.507 e. The summed E-state index contributed by atoms with van der Waals surface area (Å²) in [7, 11) is 3.02. The number of fused-ring (bicyclic) bond motifs is 7. The van der Waals surface area contributed by atoms with Crippen LogP contribution in [0.5, 0.6) is 23.0 Å². The number of furan rings is 2. The third kappa shape index (κ3) is 8.66. The number of hydrogen-bond donors (Lipinski definition) is 2. The standard InChI is InChI=1S/C23H22ClFN2O6.C22H21N3O6.C2H6/c1-23(22(30)26-11-14-16(28)8-7-15(24)18(14)25)12-32-19-13-5-3-4-6-17(13)33-20(19)21(29)27(23)9-10-31-2;1-22(21(27)25-12-15-17(31-25)8-5-9-23-15)13-29-18-14-6-3-4-7-16(14)30-19(18)20(26)24(22)10-11-28-2;1-2/h3-8,28H,9-12H2,1-2H3,(H,26,30);3-9H,10-13H2,1-2H3;1-2H3. The van der Waals surface area contributed by atoms with Crippen molar-refractivity contribution in [2.24, 2.45) is 0 Å². The lowest BCUT2D eigenvalue weighted by Crippen LogP contribution is -2.62. The molecule has 2 atom stereocenters. The summed E-state index contributed by atoms with van der Waals surface area (Å²) in [6, 6.07) is 20.2. The highest BCUT2D eigenvalue weighted by Gasteiger charge is 2.52. The van der Waals surface area contributed by atoms with Gasteiger partial charge < -0.3 is 52.8 Å². The van der Waals surface area contributed by atoms with Crippen molar-refractivity contribution >= 4 is 57.2 Å². The highest BCUT2D eigenvalue weighted by atomic mass is 35.5. The summed E-state index contributed by atoms with van der Waals surface area (Å²) in [5, 5.41) is 14.9. The third-order valence-corrected chi connectivity index (χ3v) is 11.6. The van der Waals surface area contributed by atoms with Crippen LogP contribution in [0.2, 0.25) is 5.02 Å². The molecule has 0 radical (unpaired) electrons. The number of pyridine rings is 1. The molecule has 4 amide bonds. The zero-order chi connectivity index (χ0) is 47.3. The van der Waals surface area contributed by atoms with E-state index in [1.165, 1.54) is 48.1 Å². The second-order valence-electron chi connectivity index (χ2n) is 15.5. The first kappa shape index (κ1) is 47.1. The maximum Gasteiger partial charge on any atom is 0.294 e. The number of benzene rings is 3. The van der Waals surface area contributed by atoms with Crippen LogP contribution in [0.25, 0.3) is 21.9 Å². The molecule has 3 aromatic carbocycles. The number of para-hydroxylation sites is 2. The topological polar surface area (TPSA) is 196 Å². The Bertz CT molecular complexity index is 2760. The first-order chi connectivity index (χ1) is 31.8. The molecule has 3 aliphatic heterocycles. The molecule has 66 heavy (non-hydrogen) atoms. The third-order valence-electron chi connectivity index (χ3n) is 11.3. The molecule has 0 spiro atoms. The molecule has 3 aromatic heterocycles. The summed E-state index contributed by atoms with van der Waals surface area (Å²) in [6.45, 7) is 7.45. The number of aromatic hydroxyl groups is 1. The Labute approximate surface area is 383 Å². The Morgan fingerprint density at radius 3 is 1.92 bits per heavy atom. The highest BCUT2D eigenvalue weighted by molar-refractivity contribution is 6.30. The first-order valence-electron chi connectivity index (χ1n) is 21.1. The van der Waals surface area contributed by atoms with Crippen LogP contribution in [0.4, 0.5) is 4.39 Å². The predicted molar refractivity (Wildman–Crippen MR) is 238 cm³/mol. The van der Waals surface area contributed by atoms with Gasteiger partial charge in [0.05, 0.1) is 34.6 Å². The Morgan fingerprint density at radius 2 is 1.36 bits per heavy atom. The van der Waals surface area contributed by atoms with Crippen molar-refractivity contribution < 1.29 is 61.3 Å². The minimum absolute atomic E-state index is 0.0117. The van der Waals surface area contributed by atoms with Gasteiger partial charge in [-0.3, -0.25) is 24.2 Å². The zero-order valence-corrected chi connectivity index (χ0v) is 37.9. The quantitative estimate of drug-likeness (QED) is 0.144. The second kappa shape index (κ2) is 19.7. The average molecular weight is 930 g/mol. The lowest BCUT2D eigenvalue weighted by atomic mass is 9.99. The molecule has 348 valence electrons. The van der Waals surface area contributed by atoms with E-state index in [-0.39, 0.29) is 86.2 Å². The van der Waals surface area contributed by atoms with E-state index in [1.54, 1.807) is 55.6 Å². The van der Waals surface area contributed by atoms with Crippen LogP contribution in [0.3, 0.4) is 0 Å². The van der Waals surface area contributed by atoms with E-state index in [0.29, 0.717) is 39.1 Å². The molecule has 2 unspecified atom stereocenters. The van der Waals surface area contributed by atoms with Gasteiger partial charge in [-0.05, 0) is 62.4 Å². The Balaban J connectivity index is 0.000000190. The number of ether oxygens (including phenoxy) is 4. The molecule has 3 aliphatic rings. The molecule has 0 bridgehead atoms. The van der Waals surface area contributed by atoms with Crippen molar-refractivity contribution in [2.75, 3.05) is 53.7 Å². The van der Waals surface area contributed by atoms with Gasteiger partial charge in [0.1, 0.15) is 48.2 Å². The van der Waals surface area contributed by atoms with E-state index in [4.69, 9.17) is 44.2 Å². The Hall–Kier alpha value is -6.89. The smallest absolute Gasteiger partial charge is 0.294 e. The van der Waals surface area contributed by atoms with Crippen LogP contribution in [0.1, 0.15) is 60.1 Å². The fourth-order valence-corrected chi connectivity index (χ4v) is 7.89. The van der Waals surface area contributed by atoms with Gasteiger partial charge in [0.25, 0.3) is 17.7 Å². The SMILES string of the molecule is CC.COCCN1C(=O)c2oc3ccccc3c2OCC1(C)C(=O)N1Cc2ncccc2O1.COCCN1C(=O)c2oc3ccccc3c2OCC1(C)C(=O)NCc1c(O)ccc(Cl)c1F. The largest absolute Gasteiger partial charge is 0.507 e. The van der Waals surface area contributed by atoms with E-state index < -0.39 is 40.5 Å². The molecule has 0 fully saturated rings. The van der Waals surface area contributed by atoms with Gasteiger partial charge in [-0.1, -0.05) is 49.7 Å². The van der Waals surface area contributed by atoms with E-state index in [1.807, 2.05) is 32.0 Å². The van der Waals surface area contributed by atoms with Gasteiger partial charge in [-0.25, -0.2) is 4.39 Å². The summed E-state index contributed by atoms with van der Waals surface area (Å²) in [4.78, 5) is 66.7. The summed E-state index contributed by atoms with van der Waals surface area (Å²) in [6.07, 6.45) is 1.64. The Kier molecular flexibility index (Phi) is 14.0. The monoisotopic (exact) mass is 929 g/mol. The summed E-state index contributed by atoms with van der Waals surface area (Å²) in [5.74, 6) is -2.01. The van der Waals surface area contributed by atoms with Gasteiger partial charge in [0.2, 0.25) is 17.4 Å². The number of rotatable bonds is 10. The van der Waals surface area contributed by atoms with Crippen LogP contribution in [0.15, 0.2) is 87.8 Å². The van der Waals surface area contributed by atoms with Crippen LogP contribution >= 0.6 is 11.6 Å². The maximum absolute atomic E-state index is 14.3. The molecular weight excluding hydrogens is 881 g/mol. The predicted octanol–water partition coefficient (Wildman–Crippen LogP) is 6.92. The normalized spacial score (nSPS) is 18.6. The number of hydrogen-bond acceptors (Lipinski definition) is 13. The van der Waals surface area contributed by atoms with E-state index in [9.17, 15) is 28.7 Å². The number of phenolic OH excluding ortho intramolecular Hbond substituents is 1. The van der Waals surface area contributed by atoms with Crippen LogP contribution in [-0.4, -0.2) is 113 Å². The molecule has 9 rings (SSSR count). The minimum atomic E-state index is -1.48. The van der Waals surface area contributed by atoms with Crippen LogP contribution in [-0.2, 0) is 32.2 Å². The lowest BCUT2D eigenvalue weighted by Gasteiger charge is -2.38. The molecule has 2 N–H and O–H groups in total. The molecule has 0 saturated heterocycles. The molecular formula is C47H49ClFN5O12. The Morgan fingerprint density at radius 1 is 0.818 bits per heavy atom. The number of nitrogens with zero attached hydrogens (tertiary/aromatic N) is 4. The van der Waals surface area contributed by atoms with E-state index in [2.05, 4.69) is 10.3 Å². The number of carbonyl (C=O) groups excluding carboxylic acids is 4. The highest BCUT2D eigenvalue weighted by Crippen LogP contribution is 2.41. The van der Waals surface area contributed by atoms with E-state index >= 15 is 0 Å². The van der Waals surface area contributed by atoms with Crippen molar-refractivity contribution in [1.82, 2.24) is 25.2 Å². The number of halogens is 2. The summed E-state index contributed by atoms with van der Waals surface area (Å²) < 4.78 is 48.2. The van der Waals surface area contributed by atoms with Crippen LogP contribution in [0, 0.1) is 5.82 Å². The molecule has 6 heterocycles. The zero-order valence-electron chi connectivity index (χ0n) is 37.1. The molecule has 0 saturated carbocycles. The van der Waals surface area contributed by atoms with Gasteiger partial charge in [-0.2, -0.15) is 5.06 Å². The average Bonchev–Trinajstić information content (AvgIpc) is 4.02. The fourth-order valence-electron chi connectivity index (χ4n) is 7.72. The number of nitrogens with one attached hydrogen (secondary N) is 1. The van der Waals surface area contributed by atoms with E-state index in [0.717, 1.165) is 0 Å². The number of hydroxylamine groups is 2. The molecule has 17 nitrogen and oxygen atoms in total.